The van der Waals surface area contributed by atoms with Crippen LogP contribution in [0, 0.1) is 32.6 Å². The lowest BCUT2D eigenvalue weighted by molar-refractivity contribution is -0.121. The number of aryl methyl sites for hydroxylation is 2. The summed E-state index contributed by atoms with van der Waals surface area (Å²) in [5.74, 6) is 6.80. The summed E-state index contributed by atoms with van der Waals surface area (Å²) in [5, 5.41) is 16.1. The molecule has 42 heavy (non-hydrogen) atoms. The Morgan fingerprint density at radius 3 is 2.62 bits per heavy atom. The molecule has 216 valence electrons. The summed E-state index contributed by atoms with van der Waals surface area (Å²) < 4.78 is 7.42. The fraction of sp³-hybridized carbons (Fsp3) is 0.300. The van der Waals surface area contributed by atoms with E-state index in [2.05, 4.69) is 46.5 Å². The maximum atomic E-state index is 13.1. The van der Waals surface area contributed by atoms with Gasteiger partial charge in [-0.15, -0.1) is 21.5 Å². The Balaban J connectivity index is 1.27. The molecule has 0 fully saturated rings. The predicted molar refractivity (Wildman–Crippen MR) is 162 cm³/mol. The van der Waals surface area contributed by atoms with Gasteiger partial charge in [-0.25, -0.2) is 0 Å². The fourth-order valence-corrected chi connectivity index (χ4v) is 5.99. The van der Waals surface area contributed by atoms with E-state index in [1.54, 1.807) is 23.5 Å². The van der Waals surface area contributed by atoms with Crippen molar-refractivity contribution in [2.45, 2.75) is 39.7 Å². The third-order valence-corrected chi connectivity index (χ3v) is 8.29. The van der Waals surface area contributed by atoms with Gasteiger partial charge in [-0.1, -0.05) is 29.7 Å². The highest BCUT2D eigenvalue weighted by Crippen LogP contribution is 2.39. The number of benzene rings is 1. The average Bonchev–Trinajstić information content (AvgIpc) is 3.65. The number of thiophene rings is 1. The number of fused-ring (bicyclic) bond motifs is 3. The first-order valence-electron chi connectivity index (χ1n) is 13.5. The number of nitrogens with zero attached hydrogens (tertiary/aromatic N) is 4. The summed E-state index contributed by atoms with van der Waals surface area (Å²) >= 11 is 7.84. The van der Waals surface area contributed by atoms with Gasteiger partial charge in [0.15, 0.2) is 17.3 Å². The molecule has 0 unspecified atom stereocenters. The molecule has 3 aromatic heterocycles. The molecule has 5 rings (SSSR count). The van der Waals surface area contributed by atoms with Gasteiger partial charge in [0.25, 0.3) is 5.91 Å². The second-order valence-electron chi connectivity index (χ2n) is 9.74. The molecule has 0 radical (unpaired) electrons. The number of hydrogen-bond donors (Lipinski definition) is 3. The number of aliphatic imine (C=N–C) groups is 1. The molecule has 2 amide bonds. The third kappa shape index (κ3) is 6.16. The van der Waals surface area contributed by atoms with Crippen LogP contribution in [-0.2, 0) is 4.79 Å². The van der Waals surface area contributed by atoms with Crippen molar-refractivity contribution in [2.24, 2.45) is 10.7 Å². The molecule has 0 saturated heterocycles. The smallest absolute Gasteiger partial charge is 0.287 e. The highest BCUT2D eigenvalue weighted by atomic mass is 35.5. The van der Waals surface area contributed by atoms with E-state index in [-0.39, 0.29) is 30.5 Å². The standard InChI is InChI=1S/C30H30ClN7O3S/c1-17-18(2)42-30-26(17)27(20-7-9-21(31)10-8-20)35-23(28-37-36-19(3)38(28)30)16-25(39)33-14-5-15-34-29(40)24-12-11-22(41-24)6-4-13-32/h7-12,23H,5,13-16,32H2,1-3H3,(H,33,39)(H,34,40)/t23-/m0/s1. The first-order chi connectivity index (χ1) is 20.3. The van der Waals surface area contributed by atoms with E-state index in [1.807, 2.05) is 35.8 Å². The normalized spacial score (nSPS) is 13.7. The number of carbonyl (C=O) groups is 2. The van der Waals surface area contributed by atoms with Crippen molar-refractivity contribution in [3.63, 3.8) is 0 Å². The minimum atomic E-state index is -0.550. The van der Waals surface area contributed by atoms with Gasteiger partial charge in [0, 0.05) is 34.1 Å². The molecular weight excluding hydrogens is 574 g/mol. The van der Waals surface area contributed by atoms with Crippen LogP contribution in [0.3, 0.4) is 0 Å². The largest absolute Gasteiger partial charge is 0.443 e. The second kappa shape index (κ2) is 12.7. The summed E-state index contributed by atoms with van der Waals surface area (Å²) in [4.78, 5) is 31.7. The molecule has 0 spiro atoms. The number of nitrogens with two attached hydrogens (primary N) is 1. The van der Waals surface area contributed by atoms with Crippen LogP contribution in [0.5, 0.6) is 0 Å². The van der Waals surface area contributed by atoms with Gasteiger partial charge < -0.3 is 20.8 Å². The lowest BCUT2D eigenvalue weighted by atomic mass is 9.99. The molecule has 4 aromatic rings. The monoisotopic (exact) mass is 603 g/mol. The van der Waals surface area contributed by atoms with Gasteiger partial charge in [-0.3, -0.25) is 19.1 Å². The topological polar surface area (TPSA) is 140 Å². The molecule has 1 aliphatic heterocycles. The van der Waals surface area contributed by atoms with Gasteiger partial charge in [0.1, 0.15) is 16.9 Å². The average molecular weight is 604 g/mol. The Hall–Kier alpha value is -4.24. The van der Waals surface area contributed by atoms with Crippen LogP contribution in [0.15, 0.2) is 45.8 Å². The van der Waals surface area contributed by atoms with Crippen LogP contribution >= 0.6 is 22.9 Å². The van der Waals surface area contributed by atoms with Crippen molar-refractivity contribution in [3.05, 3.63) is 86.2 Å². The minimum Gasteiger partial charge on any atom is -0.443 e. The molecule has 0 saturated carbocycles. The first kappa shape index (κ1) is 29.3. The summed E-state index contributed by atoms with van der Waals surface area (Å²) in [5.41, 5.74) is 9.20. The van der Waals surface area contributed by atoms with Gasteiger partial charge >= 0.3 is 0 Å². The molecule has 1 aliphatic rings. The number of halogens is 1. The number of hydrogen-bond acceptors (Lipinski definition) is 8. The third-order valence-electron chi connectivity index (χ3n) is 6.84. The zero-order valence-corrected chi connectivity index (χ0v) is 25.0. The predicted octanol–water partition coefficient (Wildman–Crippen LogP) is 4.03. The van der Waals surface area contributed by atoms with Crippen LogP contribution in [0.2, 0.25) is 5.02 Å². The van der Waals surface area contributed by atoms with Crippen molar-refractivity contribution < 1.29 is 14.0 Å². The molecule has 4 N–H and O–H groups in total. The quantitative estimate of drug-likeness (QED) is 0.205. The van der Waals surface area contributed by atoms with E-state index in [0.29, 0.717) is 36.1 Å². The summed E-state index contributed by atoms with van der Waals surface area (Å²) in [6.07, 6.45) is 0.626. The Bertz CT molecular complexity index is 1720. The van der Waals surface area contributed by atoms with Crippen molar-refractivity contribution in [2.75, 3.05) is 19.6 Å². The highest BCUT2D eigenvalue weighted by molar-refractivity contribution is 7.15. The van der Waals surface area contributed by atoms with Crippen LogP contribution in [-0.4, -0.2) is 51.9 Å². The zero-order chi connectivity index (χ0) is 29.8. The Labute approximate surface area is 252 Å². The number of aromatic nitrogens is 3. The lowest BCUT2D eigenvalue weighted by Crippen LogP contribution is -2.30. The summed E-state index contributed by atoms with van der Waals surface area (Å²) in [6, 6.07) is 10.2. The molecule has 1 atom stereocenters. The van der Waals surface area contributed by atoms with E-state index in [0.717, 1.165) is 33.2 Å². The van der Waals surface area contributed by atoms with E-state index >= 15 is 0 Å². The lowest BCUT2D eigenvalue weighted by Gasteiger charge is -2.13. The molecular formula is C30H30ClN7O3S. The number of amides is 2. The van der Waals surface area contributed by atoms with E-state index in [4.69, 9.17) is 26.7 Å². The second-order valence-corrected chi connectivity index (χ2v) is 11.4. The van der Waals surface area contributed by atoms with Crippen molar-refractivity contribution in [1.82, 2.24) is 25.4 Å². The highest BCUT2D eigenvalue weighted by Gasteiger charge is 2.32. The van der Waals surface area contributed by atoms with Crippen LogP contribution < -0.4 is 16.4 Å². The van der Waals surface area contributed by atoms with Crippen LogP contribution in [0.1, 0.15) is 68.4 Å². The zero-order valence-electron chi connectivity index (χ0n) is 23.5. The van der Waals surface area contributed by atoms with E-state index in [9.17, 15) is 9.59 Å². The molecule has 0 bridgehead atoms. The number of nitrogens with one attached hydrogen (secondary N) is 2. The number of rotatable bonds is 8. The molecule has 10 nitrogen and oxygen atoms in total. The van der Waals surface area contributed by atoms with Crippen molar-refractivity contribution >= 4 is 40.5 Å². The van der Waals surface area contributed by atoms with Gasteiger partial charge in [0.05, 0.1) is 18.7 Å². The van der Waals surface area contributed by atoms with Crippen molar-refractivity contribution in [3.8, 4) is 16.8 Å². The first-order valence-corrected chi connectivity index (χ1v) is 14.7. The Morgan fingerprint density at radius 2 is 1.86 bits per heavy atom. The van der Waals surface area contributed by atoms with Crippen LogP contribution in [0.4, 0.5) is 0 Å². The van der Waals surface area contributed by atoms with Gasteiger partial charge in [-0.05, 0) is 62.9 Å². The maximum Gasteiger partial charge on any atom is 0.287 e. The fourth-order valence-electron chi connectivity index (χ4n) is 4.65. The van der Waals surface area contributed by atoms with Gasteiger partial charge in [0.2, 0.25) is 5.91 Å². The van der Waals surface area contributed by atoms with E-state index < -0.39 is 6.04 Å². The van der Waals surface area contributed by atoms with Crippen LogP contribution in [0.25, 0.3) is 5.00 Å². The van der Waals surface area contributed by atoms with Crippen molar-refractivity contribution in [1.29, 1.82) is 0 Å². The summed E-state index contributed by atoms with van der Waals surface area (Å²) in [7, 11) is 0. The van der Waals surface area contributed by atoms with Gasteiger partial charge in [-0.2, -0.15) is 0 Å². The molecule has 0 aliphatic carbocycles. The Kier molecular flexibility index (Phi) is 8.87. The maximum absolute atomic E-state index is 13.1. The Morgan fingerprint density at radius 1 is 1.10 bits per heavy atom. The molecule has 12 heteroatoms. The summed E-state index contributed by atoms with van der Waals surface area (Å²) in [6.45, 7) is 7.02. The SMILES string of the molecule is Cc1sc2c(c1C)C(c1ccc(Cl)cc1)=N[C@@H](CC(=O)NCCCNC(=O)c1ccc(C#CCN)o1)c1nnc(C)n1-2. The molecule has 1 aromatic carbocycles. The minimum absolute atomic E-state index is 0.0908. The van der Waals surface area contributed by atoms with E-state index in [1.165, 1.54) is 4.88 Å². The number of furan rings is 1. The number of carbonyl (C=O) groups excluding carboxylic acids is 2. The molecule has 4 heterocycles.